The molecular formula is C23H25N3O2. The predicted octanol–water partition coefficient (Wildman–Crippen LogP) is 4.74. The molecule has 5 heteroatoms. The zero-order chi connectivity index (χ0) is 19.8. The van der Waals surface area contributed by atoms with Gasteiger partial charge in [0.05, 0.1) is 0 Å². The van der Waals surface area contributed by atoms with Crippen molar-refractivity contribution >= 4 is 11.6 Å². The molecule has 1 atom stereocenters. The van der Waals surface area contributed by atoms with Gasteiger partial charge in [-0.05, 0) is 56.0 Å². The number of benzene rings is 2. The van der Waals surface area contributed by atoms with Crippen LogP contribution in [0.2, 0.25) is 0 Å². The number of carbonyl (C=O) groups is 1. The molecule has 2 aromatic carbocycles. The molecular weight excluding hydrogens is 350 g/mol. The highest BCUT2D eigenvalue weighted by atomic mass is 16.5. The van der Waals surface area contributed by atoms with Gasteiger partial charge in [0.15, 0.2) is 5.82 Å². The molecule has 144 valence electrons. The van der Waals surface area contributed by atoms with Crippen LogP contribution in [0.1, 0.15) is 47.3 Å². The Labute approximate surface area is 165 Å². The summed E-state index contributed by atoms with van der Waals surface area (Å²) in [6.07, 6.45) is 1.40. The maximum Gasteiger partial charge on any atom is 0.257 e. The smallest absolute Gasteiger partial charge is 0.257 e. The lowest BCUT2D eigenvalue weighted by Crippen LogP contribution is -2.26. The highest BCUT2D eigenvalue weighted by Crippen LogP contribution is 2.35. The zero-order valence-electron chi connectivity index (χ0n) is 16.8. The summed E-state index contributed by atoms with van der Waals surface area (Å²) in [5.41, 5.74) is 6.63. The van der Waals surface area contributed by atoms with Crippen molar-refractivity contribution < 1.29 is 9.32 Å². The molecule has 0 radical (unpaired) electrons. The Bertz CT molecular complexity index is 998. The van der Waals surface area contributed by atoms with Crippen LogP contribution in [-0.2, 0) is 11.2 Å². The fourth-order valence-corrected chi connectivity index (χ4v) is 4.10. The average Bonchev–Trinajstić information content (AvgIpc) is 3.29. The summed E-state index contributed by atoms with van der Waals surface area (Å²) in [5, 5.41) is 4.17. The third-order valence-electron chi connectivity index (χ3n) is 5.45. The number of rotatable bonds is 4. The van der Waals surface area contributed by atoms with Crippen LogP contribution in [0, 0.1) is 20.8 Å². The third kappa shape index (κ3) is 3.33. The molecule has 3 aromatic rings. The van der Waals surface area contributed by atoms with Gasteiger partial charge in [-0.25, -0.2) is 0 Å². The van der Waals surface area contributed by atoms with Gasteiger partial charge in [0, 0.05) is 30.1 Å². The summed E-state index contributed by atoms with van der Waals surface area (Å²) in [5.74, 6) is 1.16. The molecule has 0 bridgehead atoms. The molecule has 1 saturated heterocycles. The van der Waals surface area contributed by atoms with Gasteiger partial charge in [0.1, 0.15) is 0 Å². The van der Waals surface area contributed by atoms with E-state index in [4.69, 9.17) is 4.52 Å². The largest absolute Gasteiger partial charge is 0.334 e. The van der Waals surface area contributed by atoms with Crippen LogP contribution in [0.25, 0.3) is 11.5 Å². The lowest BCUT2D eigenvalue weighted by molar-refractivity contribution is -0.117. The van der Waals surface area contributed by atoms with Gasteiger partial charge < -0.3 is 9.42 Å². The van der Waals surface area contributed by atoms with E-state index in [0.29, 0.717) is 24.7 Å². The Morgan fingerprint density at radius 3 is 2.43 bits per heavy atom. The minimum absolute atomic E-state index is 0.0555. The van der Waals surface area contributed by atoms with Gasteiger partial charge in [-0.15, -0.1) is 0 Å². The first kappa shape index (κ1) is 18.4. The number of hydrogen-bond acceptors (Lipinski definition) is 4. The van der Waals surface area contributed by atoms with Crippen molar-refractivity contribution in [2.24, 2.45) is 0 Å². The maximum absolute atomic E-state index is 12.7. The number of amides is 1. The minimum Gasteiger partial charge on any atom is -0.334 e. The van der Waals surface area contributed by atoms with Crippen LogP contribution in [0.4, 0.5) is 5.69 Å². The van der Waals surface area contributed by atoms with Crippen LogP contribution in [0.5, 0.6) is 0 Å². The van der Waals surface area contributed by atoms with E-state index in [1.54, 1.807) is 0 Å². The third-order valence-corrected chi connectivity index (χ3v) is 5.45. The number of aromatic nitrogens is 2. The van der Waals surface area contributed by atoms with Crippen LogP contribution in [-0.4, -0.2) is 22.6 Å². The van der Waals surface area contributed by atoms with Gasteiger partial charge in [-0.2, -0.15) is 4.98 Å². The number of carbonyl (C=O) groups excluding carboxylic acids is 1. The van der Waals surface area contributed by atoms with Crippen molar-refractivity contribution in [2.45, 2.75) is 46.5 Å². The molecule has 1 aliphatic rings. The quantitative estimate of drug-likeness (QED) is 0.660. The standard InChI is InChI=1S/C23H25N3O2/c1-5-17-6-8-18(9-7-17)23-24-22(25-28-23)19-12-20(27)26(13-19)21-15(3)10-14(2)11-16(21)4/h6-11,19H,5,12-13H2,1-4H3. The van der Waals surface area contributed by atoms with E-state index in [-0.39, 0.29) is 11.8 Å². The van der Waals surface area contributed by atoms with E-state index in [9.17, 15) is 4.79 Å². The van der Waals surface area contributed by atoms with Crippen LogP contribution < -0.4 is 4.90 Å². The maximum atomic E-state index is 12.7. The first-order valence-corrected chi connectivity index (χ1v) is 9.77. The van der Waals surface area contributed by atoms with E-state index in [2.05, 4.69) is 62.1 Å². The average molecular weight is 375 g/mol. The topological polar surface area (TPSA) is 59.2 Å². The van der Waals surface area contributed by atoms with Crippen LogP contribution >= 0.6 is 0 Å². The Morgan fingerprint density at radius 1 is 1.11 bits per heavy atom. The summed E-state index contributed by atoms with van der Waals surface area (Å²) in [6, 6.07) is 12.4. The normalized spacial score (nSPS) is 16.8. The SMILES string of the molecule is CCc1ccc(-c2nc(C3CC(=O)N(c4c(C)cc(C)cc4C)C3)no2)cc1. The molecule has 2 heterocycles. The molecule has 1 amide bonds. The number of nitrogens with zero attached hydrogens (tertiary/aromatic N) is 3. The van der Waals surface area contributed by atoms with Gasteiger partial charge in [-0.3, -0.25) is 4.79 Å². The Balaban J connectivity index is 1.57. The van der Waals surface area contributed by atoms with Gasteiger partial charge in [0.2, 0.25) is 5.91 Å². The van der Waals surface area contributed by atoms with E-state index >= 15 is 0 Å². The molecule has 1 unspecified atom stereocenters. The highest BCUT2D eigenvalue weighted by Gasteiger charge is 2.35. The van der Waals surface area contributed by atoms with Crippen molar-refractivity contribution in [3.8, 4) is 11.5 Å². The van der Waals surface area contributed by atoms with Crippen molar-refractivity contribution in [1.29, 1.82) is 0 Å². The summed E-state index contributed by atoms with van der Waals surface area (Å²) >= 11 is 0. The summed E-state index contributed by atoms with van der Waals surface area (Å²) in [7, 11) is 0. The Kier molecular flexibility index (Phi) is 4.75. The van der Waals surface area contributed by atoms with E-state index in [0.717, 1.165) is 28.8 Å². The van der Waals surface area contributed by atoms with Crippen molar-refractivity contribution in [3.05, 3.63) is 64.5 Å². The first-order valence-electron chi connectivity index (χ1n) is 9.77. The second kappa shape index (κ2) is 7.23. The second-order valence-electron chi connectivity index (χ2n) is 7.66. The Hall–Kier alpha value is -2.95. The molecule has 1 aromatic heterocycles. The monoisotopic (exact) mass is 375 g/mol. The molecule has 5 nitrogen and oxygen atoms in total. The Morgan fingerprint density at radius 2 is 1.79 bits per heavy atom. The summed E-state index contributed by atoms with van der Waals surface area (Å²) in [6.45, 7) is 8.90. The lowest BCUT2D eigenvalue weighted by atomic mass is 10.0. The molecule has 0 aliphatic carbocycles. The molecule has 4 rings (SSSR count). The zero-order valence-corrected chi connectivity index (χ0v) is 16.8. The minimum atomic E-state index is -0.0555. The van der Waals surface area contributed by atoms with Gasteiger partial charge in [-0.1, -0.05) is 41.9 Å². The van der Waals surface area contributed by atoms with Crippen molar-refractivity contribution in [2.75, 3.05) is 11.4 Å². The number of anilines is 1. The second-order valence-corrected chi connectivity index (χ2v) is 7.66. The number of hydrogen-bond donors (Lipinski definition) is 0. The summed E-state index contributed by atoms with van der Waals surface area (Å²) in [4.78, 5) is 19.2. The fourth-order valence-electron chi connectivity index (χ4n) is 4.10. The summed E-state index contributed by atoms with van der Waals surface area (Å²) < 4.78 is 5.49. The molecule has 0 spiro atoms. The fraction of sp³-hybridized carbons (Fsp3) is 0.348. The van der Waals surface area contributed by atoms with Gasteiger partial charge >= 0.3 is 0 Å². The predicted molar refractivity (Wildman–Crippen MR) is 109 cm³/mol. The molecule has 1 fully saturated rings. The molecule has 28 heavy (non-hydrogen) atoms. The number of aryl methyl sites for hydroxylation is 4. The highest BCUT2D eigenvalue weighted by molar-refractivity contribution is 5.97. The van der Waals surface area contributed by atoms with E-state index in [1.165, 1.54) is 11.1 Å². The van der Waals surface area contributed by atoms with Crippen molar-refractivity contribution in [1.82, 2.24) is 10.1 Å². The first-order chi connectivity index (χ1) is 13.5. The van der Waals surface area contributed by atoms with E-state index < -0.39 is 0 Å². The molecule has 1 aliphatic heterocycles. The molecule has 0 N–H and O–H groups in total. The van der Waals surface area contributed by atoms with Gasteiger partial charge in [0.25, 0.3) is 5.89 Å². The van der Waals surface area contributed by atoms with E-state index in [1.807, 2.05) is 17.0 Å². The van der Waals surface area contributed by atoms with Crippen LogP contribution in [0.3, 0.4) is 0 Å². The van der Waals surface area contributed by atoms with Crippen molar-refractivity contribution in [3.63, 3.8) is 0 Å². The van der Waals surface area contributed by atoms with Crippen LogP contribution in [0.15, 0.2) is 40.9 Å². The lowest BCUT2D eigenvalue weighted by Gasteiger charge is -2.22. The molecule has 0 saturated carbocycles.